The van der Waals surface area contributed by atoms with E-state index in [2.05, 4.69) is 15.6 Å². The highest BCUT2D eigenvalue weighted by atomic mass is 16.5. The fourth-order valence-electron chi connectivity index (χ4n) is 2.62. The number of aryl methyl sites for hydroxylation is 1. The van der Waals surface area contributed by atoms with Gasteiger partial charge in [-0.25, -0.2) is 0 Å². The van der Waals surface area contributed by atoms with Crippen LogP contribution in [0.25, 0.3) is 0 Å². The molecule has 0 saturated carbocycles. The van der Waals surface area contributed by atoms with Crippen molar-refractivity contribution in [1.82, 2.24) is 4.98 Å². The Hall–Kier alpha value is -3.87. The molecular formula is C22H21N3O4. The molecule has 2 amide bonds. The number of amides is 2. The second-order valence-electron chi connectivity index (χ2n) is 6.30. The van der Waals surface area contributed by atoms with Gasteiger partial charge in [-0.3, -0.25) is 14.6 Å². The summed E-state index contributed by atoms with van der Waals surface area (Å²) >= 11 is 0. The van der Waals surface area contributed by atoms with Gasteiger partial charge >= 0.3 is 0 Å². The molecule has 1 aromatic heterocycles. The molecule has 7 nitrogen and oxygen atoms in total. The first-order valence-corrected chi connectivity index (χ1v) is 8.86. The third kappa shape index (κ3) is 4.90. The lowest BCUT2D eigenvalue weighted by molar-refractivity contribution is 0.102. The van der Waals surface area contributed by atoms with E-state index in [-0.39, 0.29) is 17.0 Å². The Morgan fingerprint density at radius 1 is 0.828 bits per heavy atom. The molecule has 0 bridgehead atoms. The molecule has 148 valence electrons. The van der Waals surface area contributed by atoms with Gasteiger partial charge in [0.05, 0.1) is 31.0 Å². The van der Waals surface area contributed by atoms with E-state index in [0.29, 0.717) is 22.9 Å². The zero-order valence-corrected chi connectivity index (χ0v) is 16.4. The third-order valence-electron chi connectivity index (χ3n) is 4.23. The van der Waals surface area contributed by atoms with Crippen LogP contribution in [0.4, 0.5) is 11.4 Å². The minimum atomic E-state index is -0.411. The van der Waals surface area contributed by atoms with E-state index in [1.807, 2.05) is 31.2 Å². The molecule has 0 aliphatic heterocycles. The number of carbonyl (C=O) groups excluding carboxylic acids is 2. The first-order valence-electron chi connectivity index (χ1n) is 8.86. The smallest absolute Gasteiger partial charge is 0.257 e. The summed E-state index contributed by atoms with van der Waals surface area (Å²) in [6, 6.07) is 14.0. The number of hydrogen-bond acceptors (Lipinski definition) is 5. The van der Waals surface area contributed by atoms with E-state index < -0.39 is 5.91 Å². The maximum atomic E-state index is 12.6. The molecule has 3 aromatic rings. The number of aromatic nitrogens is 1. The van der Waals surface area contributed by atoms with Gasteiger partial charge in [0.1, 0.15) is 11.5 Å². The zero-order valence-electron chi connectivity index (χ0n) is 16.4. The molecule has 0 spiro atoms. The van der Waals surface area contributed by atoms with Crippen molar-refractivity contribution in [1.29, 1.82) is 0 Å². The van der Waals surface area contributed by atoms with E-state index >= 15 is 0 Å². The van der Waals surface area contributed by atoms with Crippen molar-refractivity contribution in [3.63, 3.8) is 0 Å². The molecule has 2 N–H and O–H groups in total. The number of hydrogen-bond donors (Lipinski definition) is 2. The summed E-state index contributed by atoms with van der Waals surface area (Å²) < 4.78 is 10.4. The molecule has 0 radical (unpaired) electrons. The van der Waals surface area contributed by atoms with Crippen LogP contribution in [-0.4, -0.2) is 31.0 Å². The second kappa shape index (κ2) is 8.88. The van der Waals surface area contributed by atoms with Gasteiger partial charge < -0.3 is 20.1 Å². The summed E-state index contributed by atoms with van der Waals surface area (Å²) in [5, 5.41) is 5.55. The normalized spacial score (nSPS) is 10.2. The molecule has 0 aliphatic rings. The largest absolute Gasteiger partial charge is 0.497 e. The first kappa shape index (κ1) is 19.9. The summed E-state index contributed by atoms with van der Waals surface area (Å²) in [6.07, 6.45) is 2.81. The fourth-order valence-corrected chi connectivity index (χ4v) is 2.62. The van der Waals surface area contributed by atoms with Crippen molar-refractivity contribution in [2.24, 2.45) is 0 Å². The van der Waals surface area contributed by atoms with Crippen LogP contribution in [-0.2, 0) is 0 Å². The number of benzene rings is 2. The van der Waals surface area contributed by atoms with Gasteiger partial charge in [-0.1, -0.05) is 17.7 Å². The van der Waals surface area contributed by atoms with E-state index in [4.69, 9.17) is 9.47 Å². The van der Waals surface area contributed by atoms with Crippen LogP contribution in [0.15, 0.2) is 60.9 Å². The summed E-state index contributed by atoms with van der Waals surface area (Å²) in [4.78, 5) is 29.1. The Labute approximate surface area is 168 Å². The van der Waals surface area contributed by atoms with Gasteiger partial charge in [-0.2, -0.15) is 0 Å². The number of carbonyl (C=O) groups is 2. The van der Waals surface area contributed by atoms with E-state index in [1.165, 1.54) is 25.6 Å². The molecule has 0 fully saturated rings. The fraction of sp³-hybridized carbons (Fsp3) is 0.136. The van der Waals surface area contributed by atoms with Gasteiger partial charge in [-0.15, -0.1) is 0 Å². The zero-order chi connectivity index (χ0) is 20.8. The maximum absolute atomic E-state index is 12.6. The minimum absolute atomic E-state index is 0.249. The van der Waals surface area contributed by atoms with Crippen LogP contribution in [0.2, 0.25) is 0 Å². The summed E-state index contributed by atoms with van der Waals surface area (Å²) in [7, 11) is 3.05. The van der Waals surface area contributed by atoms with Gasteiger partial charge in [-0.05, 0) is 37.3 Å². The quantitative estimate of drug-likeness (QED) is 0.665. The van der Waals surface area contributed by atoms with Crippen LogP contribution in [0, 0.1) is 6.92 Å². The number of nitrogens with zero attached hydrogens (tertiary/aromatic N) is 1. The lowest BCUT2D eigenvalue weighted by Gasteiger charge is -2.12. The average Bonchev–Trinajstić information content (AvgIpc) is 2.75. The number of methoxy groups -OCH3 is 2. The first-order chi connectivity index (χ1) is 14.0. The molecule has 1 heterocycles. The standard InChI is InChI=1S/C22H21N3O4/c1-14-4-6-17(7-5-14)24-21(26)15-10-16(13-23-12-15)22(27)25-19-9-8-18(28-2)11-20(19)29-3/h4-13H,1-3H3,(H,24,26)(H,25,27). The van der Waals surface area contributed by atoms with Crippen LogP contribution < -0.4 is 20.1 Å². The van der Waals surface area contributed by atoms with Crippen molar-refractivity contribution in [2.45, 2.75) is 6.92 Å². The molecule has 29 heavy (non-hydrogen) atoms. The van der Waals surface area contributed by atoms with E-state index in [9.17, 15) is 9.59 Å². The van der Waals surface area contributed by atoms with Crippen LogP contribution in [0.5, 0.6) is 11.5 Å². The van der Waals surface area contributed by atoms with Gasteiger partial charge in [0, 0.05) is 24.1 Å². The second-order valence-corrected chi connectivity index (χ2v) is 6.30. The number of anilines is 2. The molecule has 3 rings (SSSR count). The Bertz CT molecular complexity index is 1030. The van der Waals surface area contributed by atoms with Crippen molar-refractivity contribution in [3.05, 3.63) is 77.6 Å². The monoisotopic (exact) mass is 391 g/mol. The summed E-state index contributed by atoms with van der Waals surface area (Å²) in [5.74, 6) is 0.305. The van der Waals surface area contributed by atoms with Crippen molar-refractivity contribution in [2.75, 3.05) is 24.9 Å². The summed E-state index contributed by atoms with van der Waals surface area (Å²) in [6.45, 7) is 1.97. The SMILES string of the molecule is COc1ccc(NC(=O)c2cncc(C(=O)Nc3ccc(C)cc3)c2)c(OC)c1. The molecule has 7 heteroatoms. The Kier molecular flexibility index (Phi) is 6.09. The Balaban J connectivity index is 1.75. The highest BCUT2D eigenvalue weighted by Crippen LogP contribution is 2.29. The van der Waals surface area contributed by atoms with Gasteiger partial charge in [0.2, 0.25) is 0 Å². The lowest BCUT2D eigenvalue weighted by atomic mass is 10.1. The number of pyridine rings is 1. The molecule has 0 atom stereocenters. The predicted octanol–water partition coefficient (Wildman–Crippen LogP) is 3.91. The van der Waals surface area contributed by atoms with Crippen LogP contribution in [0.3, 0.4) is 0 Å². The van der Waals surface area contributed by atoms with Crippen molar-refractivity contribution >= 4 is 23.2 Å². The Morgan fingerprint density at radius 3 is 2.10 bits per heavy atom. The lowest BCUT2D eigenvalue weighted by Crippen LogP contribution is -2.16. The molecule has 0 aliphatic carbocycles. The van der Waals surface area contributed by atoms with Gasteiger partial charge in [0.25, 0.3) is 11.8 Å². The predicted molar refractivity (Wildman–Crippen MR) is 111 cm³/mol. The van der Waals surface area contributed by atoms with E-state index in [0.717, 1.165) is 5.56 Å². The minimum Gasteiger partial charge on any atom is -0.497 e. The Morgan fingerprint density at radius 2 is 1.48 bits per heavy atom. The summed E-state index contributed by atoms with van der Waals surface area (Å²) in [5.41, 5.74) is 2.77. The molecule has 0 saturated heterocycles. The van der Waals surface area contributed by atoms with E-state index in [1.54, 1.807) is 25.3 Å². The third-order valence-corrected chi connectivity index (χ3v) is 4.23. The average molecular weight is 391 g/mol. The number of ether oxygens (including phenoxy) is 2. The topological polar surface area (TPSA) is 89.5 Å². The van der Waals surface area contributed by atoms with Crippen molar-refractivity contribution < 1.29 is 19.1 Å². The maximum Gasteiger partial charge on any atom is 0.257 e. The molecule has 0 unspecified atom stereocenters. The van der Waals surface area contributed by atoms with Crippen LogP contribution in [0.1, 0.15) is 26.3 Å². The van der Waals surface area contributed by atoms with Crippen molar-refractivity contribution in [3.8, 4) is 11.5 Å². The number of nitrogens with one attached hydrogen (secondary N) is 2. The molecular weight excluding hydrogens is 370 g/mol. The molecule has 2 aromatic carbocycles. The van der Waals surface area contributed by atoms with Gasteiger partial charge in [0.15, 0.2) is 0 Å². The number of rotatable bonds is 6. The highest BCUT2D eigenvalue weighted by Gasteiger charge is 2.14. The highest BCUT2D eigenvalue weighted by molar-refractivity contribution is 6.08. The van der Waals surface area contributed by atoms with Crippen LogP contribution >= 0.6 is 0 Å².